The maximum Gasteiger partial charge on any atom is 0.224 e. The highest BCUT2D eigenvalue weighted by Gasteiger charge is 2.30. The van der Waals surface area contributed by atoms with Crippen LogP contribution in [0.1, 0.15) is 36.4 Å². The molecule has 2 atom stereocenters. The second kappa shape index (κ2) is 11.5. The van der Waals surface area contributed by atoms with E-state index in [1.807, 2.05) is 42.5 Å². The second-order valence-electron chi connectivity index (χ2n) is 8.17. The molecule has 1 aliphatic heterocycles. The number of methoxy groups -OCH3 is 1. The zero-order valence-corrected chi connectivity index (χ0v) is 18.5. The molecule has 2 N–H and O–H groups in total. The van der Waals surface area contributed by atoms with Crippen molar-refractivity contribution in [2.45, 2.75) is 31.7 Å². The smallest absolute Gasteiger partial charge is 0.224 e. The van der Waals surface area contributed by atoms with Crippen LogP contribution in [0.3, 0.4) is 0 Å². The summed E-state index contributed by atoms with van der Waals surface area (Å²) >= 11 is 0. The molecule has 1 fully saturated rings. The van der Waals surface area contributed by atoms with Crippen molar-refractivity contribution in [1.82, 2.24) is 15.5 Å². The zero-order valence-electron chi connectivity index (χ0n) is 18.5. The fraction of sp³-hybridized carbons (Fsp3) is 0.440. The van der Waals surface area contributed by atoms with Crippen molar-refractivity contribution in [2.75, 3.05) is 33.8 Å². The lowest BCUT2D eigenvalue weighted by Gasteiger charge is -2.39. The molecular formula is C25H33N3O3. The van der Waals surface area contributed by atoms with Crippen molar-refractivity contribution < 1.29 is 14.3 Å². The van der Waals surface area contributed by atoms with Crippen molar-refractivity contribution >= 4 is 11.8 Å². The number of benzene rings is 2. The number of hydrogen-bond donors (Lipinski definition) is 2. The van der Waals surface area contributed by atoms with Crippen molar-refractivity contribution in [1.29, 1.82) is 0 Å². The summed E-state index contributed by atoms with van der Waals surface area (Å²) in [5, 5.41) is 5.91. The van der Waals surface area contributed by atoms with E-state index in [-0.39, 0.29) is 24.3 Å². The first-order valence-electron chi connectivity index (χ1n) is 11.0. The third kappa shape index (κ3) is 6.82. The number of piperidine rings is 1. The maximum atomic E-state index is 12.3. The Labute approximate surface area is 185 Å². The molecule has 0 radical (unpaired) electrons. The normalized spacial score (nSPS) is 18.9. The highest BCUT2D eigenvalue weighted by Crippen LogP contribution is 2.35. The van der Waals surface area contributed by atoms with Crippen LogP contribution in [0.25, 0.3) is 0 Å². The molecule has 0 spiro atoms. The molecule has 0 bridgehead atoms. The molecule has 31 heavy (non-hydrogen) atoms. The van der Waals surface area contributed by atoms with Crippen molar-refractivity contribution in [2.24, 2.45) is 5.92 Å². The van der Waals surface area contributed by atoms with E-state index < -0.39 is 0 Å². The number of nitrogens with zero attached hydrogens (tertiary/aromatic N) is 1. The molecule has 0 saturated carbocycles. The van der Waals surface area contributed by atoms with Gasteiger partial charge in [0.15, 0.2) is 0 Å². The summed E-state index contributed by atoms with van der Waals surface area (Å²) in [5.74, 6) is 1.11. The quantitative estimate of drug-likeness (QED) is 0.651. The van der Waals surface area contributed by atoms with Crippen LogP contribution in [0.2, 0.25) is 0 Å². The minimum absolute atomic E-state index is 0.0262. The predicted molar refractivity (Wildman–Crippen MR) is 122 cm³/mol. The summed E-state index contributed by atoms with van der Waals surface area (Å²) in [7, 11) is 3.81. The van der Waals surface area contributed by atoms with E-state index in [9.17, 15) is 9.59 Å². The van der Waals surface area contributed by atoms with Crippen LogP contribution in [0.4, 0.5) is 0 Å². The Morgan fingerprint density at radius 1 is 1.03 bits per heavy atom. The molecular weight excluding hydrogens is 390 g/mol. The van der Waals surface area contributed by atoms with Gasteiger partial charge < -0.3 is 15.4 Å². The first-order chi connectivity index (χ1) is 15.1. The molecule has 6 heteroatoms. The summed E-state index contributed by atoms with van der Waals surface area (Å²) in [4.78, 5) is 26.7. The van der Waals surface area contributed by atoms with Gasteiger partial charge >= 0.3 is 0 Å². The van der Waals surface area contributed by atoms with Crippen LogP contribution in [-0.2, 0) is 16.0 Å². The van der Waals surface area contributed by atoms with E-state index in [1.54, 1.807) is 7.11 Å². The lowest BCUT2D eigenvalue weighted by molar-refractivity contribution is -0.122. The number of amides is 2. The SMILES string of the molecule is COc1ccc(C2C(CNC(=O)CCNC(=O)Cc3ccccc3)CCCN2C)cc1. The molecule has 3 rings (SSSR count). The van der Waals surface area contributed by atoms with Gasteiger partial charge in [-0.25, -0.2) is 0 Å². The summed E-state index contributed by atoms with van der Waals surface area (Å²) < 4.78 is 5.28. The number of ether oxygens (including phenoxy) is 1. The predicted octanol–water partition coefficient (Wildman–Crippen LogP) is 2.94. The average Bonchev–Trinajstić information content (AvgIpc) is 2.78. The van der Waals surface area contributed by atoms with Gasteiger partial charge in [-0.3, -0.25) is 14.5 Å². The molecule has 1 heterocycles. The number of rotatable bonds is 9. The van der Waals surface area contributed by atoms with E-state index in [1.165, 1.54) is 5.56 Å². The van der Waals surface area contributed by atoms with E-state index in [0.29, 0.717) is 25.4 Å². The lowest BCUT2D eigenvalue weighted by Crippen LogP contribution is -2.42. The molecule has 0 aliphatic carbocycles. The van der Waals surface area contributed by atoms with E-state index in [0.717, 1.165) is 30.7 Å². The Bertz CT molecular complexity index is 839. The van der Waals surface area contributed by atoms with Gasteiger partial charge in [0.25, 0.3) is 0 Å². The Morgan fingerprint density at radius 3 is 2.48 bits per heavy atom. The third-order valence-electron chi connectivity index (χ3n) is 5.91. The standard InChI is InChI=1S/C25H33N3O3/c1-28-16-6-9-21(25(28)20-10-12-22(31-2)13-11-20)18-27-23(29)14-15-26-24(30)17-19-7-4-3-5-8-19/h3-5,7-8,10-13,21,25H,6,9,14-18H2,1-2H3,(H,26,30)(H,27,29). The van der Waals surface area contributed by atoms with Gasteiger partial charge in [-0.15, -0.1) is 0 Å². The first-order valence-corrected chi connectivity index (χ1v) is 11.0. The van der Waals surface area contributed by atoms with E-state index >= 15 is 0 Å². The molecule has 6 nitrogen and oxygen atoms in total. The number of hydrogen-bond acceptors (Lipinski definition) is 4. The van der Waals surface area contributed by atoms with E-state index in [4.69, 9.17) is 4.74 Å². The molecule has 1 saturated heterocycles. The van der Waals surface area contributed by atoms with Gasteiger partial charge in [-0.1, -0.05) is 42.5 Å². The van der Waals surface area contributed by atoms with Gasteiger partial charge in [-0.05, 0) is 55.6 Å². The molecule has 0 aromatic heterocycles. The average molecular weight is 424 g/mol. The van der Waals surface area contributed by atoms with Gasteiger partial charge in [0, 0.05) is 25.6 Å². The zero-order chi connectivity index (χ0) is 22.1. The van der Waals surface area contributed by atoms with Gasteiger partial charge in [0.1, 0.15) is 5.75 Å². The monoisotopic (exact) mass is 423 g/mol. The van der Waals surface area contributed by atoms with Crippen molar-refractivity contribution in [3.63, 3.8) is 0 Å². The first kappa shape index (κ1) is 22.8. The van der Waals surface area contributed by atoms with Crippen LogP contribution in [0.5, 0.6) is 5.75 Å². The topological polar surface area (TPSA) is 70.7 Å². The Hall–Kier alpha value is -2.86. The van der Waals surface area contributed by atoms with E-state index in [2.05, 4.69) is 34.7 Å². The largest absolute Gasteiger partial charge is 0.497 e. The van der Waals surface area contributed by atoms with Crippen LogP contribution in [-0.4, -0.2) is 50.5 Å². The molecule has 1 aliphatic rings. The summed E-state index contributed by atoms with van der Waals surface area (Å²) in [6, 6.07) is 18.1. The molecule has 2 amide bonds. The van der Waals surface area contributed by atoms with Crippen LogP contribution < -0.4 is 15.4 Å². The Kier molecular flexibility index (Phi) is 8.47. The minimum atomic E-state index is -0.0625. The van der Waals surface area contributed by atoms with Crippen molar-refractivity contribution in [3.8, 4) is 5.75 Å². The molecule has 2 aromatic rings. The second-order valence-corrected chi connectivity index (χ2v) is 8.17. The van der Waals surface area contributed by atoms with Crippen LogP contribution in [0, 0.1) is 5.92 Å². The highest BCUT2D eigenvalue weighted by molar-refractivity contribution is 5.80. The van der Waals surface area contributed by atoms with Gasteiger partial charge in [0.05, 0.1) is 13.5 Å². The number of carbonyl (C=O) groups is 2. The molecule has 2 aromatic carbocycles. The molecule has 2 unspecified atom stereocenters. The summed E-state index contributed by atoms with van der Waals surface area (Å²) in [5.41, 5.74) is 2.21. The third-order valence-corrected chi connectivity index (χ3v) is 5.91. The number of carbonyl (C=O) groups excluding carboxylic acids is 2. The Morgan fingerprint density at radius 2 is 1.77 bits per heavy atom. The fourth-order valence-electron chi connectivity index (χ4n) is 4.29. The summed E-state index contributed by atoms with van der Waals surface area (Å²) in [6.07, 6.45) is 2.82. The number of nitrogens with one attached hydrogen (secondary N) is 2. The van der Waals surface area contributed by atoms with Gasteiger partial charge in [-0.2, -0.15) is 0 Å². The number of likely N-dealkylation sites (tertiary alicyclic amines) is 1. The minimum Gasteiger partial charge on any atom is -0.497 e. The van der Waals surface area contributed by atoms with Crippen LogP contribution in [0.15, 0.2) is 54.6 Å². The fourth-order valence-corrected chi connectivity index (χ4v) is 4.29. The summed E-state index contributed by atoms with van der Waals surface area (Å²) in [6.45, 7) is 2.04. The maximum absolute atomic E-state index is 12.3. The lowest BCUT2D eigenvalue weighted by atomic mass is 9.85. The highest BCUT2D eigenvalue weighted by atomic mass is 16.5. The van der Waals surface area contributed by atoms with Gasteiger partial charge in [0.2, 0.25) is 11.8 Å². The Balaban J connectivity index is 1.44. The van der Waals surface area contributed by atoms with Crippen LogP contribution >= 0.6 is 0 Å². The molecule has 166 valence electrons. The van der Waals surface area contributed by atoms with Crippen molar-refractivity contribution in [3.05, 3.63) is 65.7 Å².